The van der Waals surface area contributed by atoms with Gasteiger partial charge >= 0.3 is 6.18 Å². The Hall–Kier alpha value is -1.46. The predicted molar refractivity (Wildman–Crippen MR) is 54.6 cm³/mol. The molecule has 0 aliphatic rings. The number of alkyl halides is 3. The molecule has 0 spiro atoms. The number of methoxy groups -OCH3 is 1. The lowest BCUT2D eigenvalue weighted by Crippen LogP contribution is -2.11. The van der Waals surface area contributed by atoms with Crippen molar-refractivity contribution in [3.8, 4) is 5.75 Å². The van der Waals surface area contributed by atoms with Crippen LogP contribution in [0.3, 0.4) is 0 Å². The highest BCUT2D eigenvalue weighted by Crippen LogP contribution is 2.21. The number of rotatable bonds is 5. The SMILES string of the molecule is COc1ccc(NCCCC(F)(F)F)nc1. The zero-order valence-electron chi connectivity index (χ0n) is 8.84. The summed E-state index contributed by atoms with van der Waals surface area (Å²) in [6, 6.07) is 3.35. The van der Waals surface area contributed by atoms with Crippen molar-refractivity contribution in [1.29, 1.82) is 0 Å². The summed E-state index contributed by atoms with van der Waals surface area (Å²) >= 11 is 0. The molecule has 0 aliphatic heterocycles. The van der Waals surface area contributed by atoms with Gasteiger partial charge in [-0.3, -0.25) is 0 Å². The smallest absolute Gasteiger partial charge is 0.389 e. The lowest BCUT2D eigenvalue weighted by molar-refractivity contribution is -0.134. The van der Waals surface area contributed by atoms with E-state index in [2.05, 4.69) is 10.3 Å². The zero-order valence-corrected chi connectivity index (χ0v) is 8.84. The number of ether oxygens (including phenoxy) is 1. The van der Waals surface area contributed by atoms with Gasteiger partial charge in [0, 0.05) is 13.0 Å². The van der Waals surface area contributed by atoms with Gasteiger partial charge in [-0.05, 0) is 18.6 Å². The van der Waals surface area contributed by atoms with E-state index in [1.165, 1.54) is 13.3 Å². The Bertz CT molecular complexity index is 311. The van der Waals surface area contributed by atoms with Gasteiger partial charge in [-0.2, -0.15) is 13.2 Å². The van der Waals surface area contributed by atoms with Crippen LogP contribution < -0.4 is 10.1 Å². The van der Waals surface area contributed by atoms with Crippen LogP contribution in [0.1, 0.15) is 12.8 Å². The molecule has 0 saturated carbocycles. The van der Waals surface area contributed by atoms with Crippen LogP contribution in [0.15, 0.2) is 18.3 Å². The van der Waals surface area contributed by atoms with Gasteiger partial charge in [0.1, 0.15) is 11.6 Å². The van der Waals surface area contributed by atoms with E-state index in [0.717, 1.165) is 0 Å². The van der Waals surface area contributed by atoms with E-state index in [4.69, 9.17) is 4.74 Å². The van der Waals surface area contributed by atoms with Crippen molar-refractivity contribution < 1.29 is 17.9 Å². The molecule has 0 atom stereocenters. The van der Waals surface area contributed by atoms with Gasteiger partial charge in [0.15, 0.2) is 0 Å². The molecular weight excluding hydrogens is 221 g/mol. The molecule has 1 heterocycles. The quantitative estimate of drug-likeness (QED) is 0.795. The first-order valence-electron chi connectivity index (χ1n) is 4.82. The number of hydrogen-bond acceptors (Lipinski definition) is 3. The summed E-state index contributed by atoms with van der Waals surface area (Å²) < 4.78 is 40.4. The fourth-order valence-electron chi connectivity index (χ4n) is 1.11. The van der Waals surface area contributed by atoms with Crippen LogP contribution in [-0.2, 0) is 0 Å². The molecule has 1 aromatic heterocycles. The maximum absolute atomic E-state index is 11.8. The molecule has 0 saturated heterocycles. The molecule has 0 bridgehead atoms. The summed E-state index contributed by atoms with van der Waals surface area (Å²) in [5, 5.41) is 2.80. The van der Waals surface area contributed by atoms with Crippen molar-refractivity contribution in [2.24, 2.45) is 0 Å². The van der Waals surface area contributed by atoms with Gasteiger partial charge in [0.05, 0.1) is 13.3 Å². The third-order valence-electron chi connectivity index (χ3n) is 1.92. The number of aromatic nitrogens is 1. The Balaban J connectivity index is 2.27. The number of anilines is 1. The number of halogens is 3. The fraction of sp³-hybridized carbons (Fsp3) is 0.500. The van der Waals surface area contributed by atoms with E-state index in [0.29, 0.717) is 11.6 Å². The van der Waals surface area contributed by atoms with Crippen molar-refractivity contribution in [2.45, 2.75) is 19.0 Å². The van der Waals surface area contributed by atoms with E-state index >= 15 is 0 Å². The second-order valence-corrected chi connectivity index (χ2v) is 3.23. The maximum atomic E-state index is 11.8. The molecule has 0 unspecified atom stereocenters. The molecule has 1 N–H and O–H groups in total. The van der Waals surface area contributed by atoms with Crippen LogP contribution in [0.5, 0.6) is 5.75 Å². The number of hydrogen-bond donors (Lipinski definition) is 1. The molecule has 1 rings (SSSR count). The highest BCUT2D eigenvalue weighted by Gasteiger charge is 2.25. The predicted octanol–water partition coefficient (Wildman–Crippen LogP) is 2.84. The number of nitrogens with zero attached hydrogens (tertiary/aromatic N) is 1. The molecule has 1 aromatic rings. The summed E-state index contributed by atoms with van der Waals surface area (Å²) in [5.74, 6) is 1.16. The lowest BCUT2D eigenvalue weighted by atomic mass is 10.3. The van der Waals surface area contributed by atoms with Crippen molar-refractivity contribution >= 4 is 5.82 Å². The van der Waals surface area contributed by atoms with Gasteiger partial charge < -0.3 is 10.1 Å². The first kappa shape index (κ1) is 12.6. The van der Waals surface area contributed by atoms with Gasteiger partial charge in [-0.1, -0.05) is 0 Å². The minimum atomic E-state index is -4.09. The molecule has 16 heavy (non-hydrogen) atoms. The molecule has 0 radical (unpaired) electrons. The highest BCUT2D eigenvalue weighted by molar-refractivity contribution is 5.37. The largest absolute Gasteiger partial charge is 0.495 e. The van der Waals surface area contributed by atoms with Crippen LogP contribution in [-0.4, -0.2) is 24.8 Å². The van der Waals surface area contributed by atoms with Crippen LogP contribution in [0.2, 0.25) is 0 Å². The first-order chi connectivity index (χ1) is 7.51. The Morgan fingerprint density at radius 2 is 2.12 bits per heavy atom. The summed E-state index contributed by atoms with van der Waals surface area (Å²) in [4.78, 5) is 3.97. The summed E-state index contributed by atoms with van der Waals surface area (Å²) in [7, 11) is 1.52. The van der Waals surface area contributed by atoms with E-state index in [-0.39, 0.29) is 13.0 Å². The second-order valence-electron chi connectivity index (χ2n) is 3.23. The molecule has 0 aromatic carbocycles. The van der Waals surface area contributed by atoms with E-state index in [9.17, 15) is 13.2 Å². The van der Waals surface area contributed by atoms with Gasteiger partial charge in [0.2, 0.25) is 0 Å². The number of pyridine rings is 1. The Kier molecular flexibility index (Phi) is 4.39. The van der Waals surface area contributed by atoms with Crippen molar-refractivity contribution in [1.82, 2.24) is 4.98 Å². The summed E-state index contributed by atoms with van der Waals surface area (Å²) in [6.07, 6.45) is -3.32. The molecule has 3 nitrogen and oxygen atoms in total. The van der Waals surface area contributed by atoms with Gasteiger partial charge in [-0.15, -0.1) is 0 Å². The topological polar surface area (TPSA) is 34.1 Å². The van der Waals surface area contributed by atoms with Crippen LogP contribution in [0, 0.1) is 0 Å². The minimum Gasteiger partial charge on any atom is -0.495 e. The van der Waals surface area contributed by atoms with E-state index < -0.39 is 12.6 Å². The van der Waals surface area contributed by atoms with E-state index in [1.54, 1.807) is 12.1 Å². The molecule has 90 valence electrons. The molecule has 0 amide bonds. The van der Waals surface area contributed by atoms with Crippen LogP contribution in [0.4, 0.5) is 19.0 Å². The molecular formula is C10H13F3N2O. The maximum Gasteiger partial charge on any atom is 0.389 e. The highest BCUT2D eigenvalue weighted by atomic mass is 19.4. The molecule has 0 aliphatic carbocycles. The average molecular weight is 234 g/mol. The minimum absolute atomic E-state index is 0.0389. The first-order valence-corrected chi connectivity index (χ1v) is 4.82. The van der Waals surface area contributed by atoms with Crippen molar-refractivity contribution in [3.05, 3.63) is 18.3 Å². The molecule has 6 heteroatoms. The number of nitrogens with one attached hydrogen (secondary N) is 1. The van der Waals surface area contributed by atoms with Crippen LogP contribution in [0.25, 0.3) is 0 Å². The van der Waals surface area contributed by atoms with Crippen molar-refractivity contribution in [2.75, 3.05) is 19.0 Å². The van der Waals surface area contributed by atoms with Crippen molar-refractivity contribution in [3.63, 3.8) is 0 Å². The normalized spacial score (nSPS) is 11.2. The standard InChI is InChI=1S/C10H13F3N2O/c1-16-8-3-4-9(15-7-8)14-6-2-5-10(11,12)13/h3-4,7H,2,5-6H2,1H3,(H,14,15). The second kappa shape index (κ2) is 5.58. The third-order valence-corrected chi connectivity index (χ3v) is 1.92. The summed E-state index contributed by atoms with van der Waals surface area (Å²) in [6.45, 7) is 0.249. The third kappa shape index (κ3) is 4.86. The molecule has 0 fully saturated rings. The Morgan fingerprint density at radius 3 is 2.62 bits per heavy atom. The van der Waals surface area contributed by atoms with Gasteiger partial charge in [0.25, 0.3) is 0 Å². The summed E-state index contributed by atoms with van der Waals surface area (Å²) in [5.41, 5.74) is 0. The average Bonchev–Trinajstić information content (AvgIpc) is 2.24. The Morgan fingerprint density at radius 1 is 1.38 bits per heavy atom. The van der Waals surface area contributed by atoms with Crippen LogP contribution >= 0.6 is 0 Å². The zero-order chi connectivity index (χ0) is 12.0. The van der Waals surface area contributed by atoms with E-state index in [1.807, 2.05) is 0 Å². The monoisotopic (exact) mass is 234 g/mol. The fourth-order valence-corrected chi connectivity index (χ4v) is 1.11. The van der Waals surface area contributed by atoms with Gasteiger partial charge in [-0.25, -0.2) is 4.98 Å². The lowest BCUT2D eigenvalue weighted by Gasteiger charge is -2.08. The Labute approximate surface area is 91.6 Å².